The first kappa shape index (κ1) is 30.1. The minimum Gasteiger partial charge on any atom is -0.475 e. The van der Waals surface area contributed by atoms with Crippen LogP contribution >= 0.6 is 0 Å². The predicted octanol–water partition coefficient (Wildman–Crippen LogP) is 2.68. The van der Waals surface area contributed by atoms with Gasteiger partial charge in [0.2, 0.25) is 40.8 Å². The van der Waals surface area contributed by atoms with E-state index in [9.17, 15) is 39.9 Å². The van der Waals surface area contributed by atoms with Crippen LogP contribution in [0.1, 0.15) is 6.92 Å². The molecule has 10 nitrogen and oxygen atoms in total. The molecule has 0 spiro atoms. The monoisotopic (exact) mass is 582 g/mol. The SMILES string of the molecule is CC#CCn1c(N2CCNCC2)nc2nc(Oc3c(F)c(F)c(F)c(F)c3F)n(C)c(=O)c21.O=C(O)C(F)(F)F. The third kappa shape index (κ3) is 5.93. The largest absolute Gasteiger partial charge is 0.490 e. The van der Waals surface area contributed by atoms with Crippen LogP contribution in [0.3, 0.4) is 0 Å². The Morgan fingerprint density at radius 1 is 1.02 bits per heavy atom. The number of hydrogen-bond donors (Lipinski definition) is 2. The third-order valence-corrected chi connectivity index (χ3v) is 5.34. The van der Waals surface area contributed by atoms with Crippen LogP contribution in [-0.2, 0) is 18.4 Å². The summed E-state index contributed by atoms with van der Waals surface area (Å²) >= 11 is 0. The normalized spacial score (nSPS) is 13.4. The van der Waals surface area contributed by atoms with Crippen molar-refractivity contribution in [1.29, 1.82) is 0 Å². The zero-order valence-corrected chi connectivity index (χ0v) is 20.5. The van der Waals surface area contributed by atoms with Crippen molar-refractivity contribution in [2.75, 3.05) is 31.1 Å². The Balaban J connectivity index is 0.000000559. The lowest BCUT2D eigenvalue weighted by Crippen LogP contribution is -2.44. The summed E-state index contributed by atoms with van der Waals surface area (Å²) in [6, 6.07) is -0.700. The summed E-state index contributed by atoms with van der Waals surface area (Å²) in [6.45, 7) is 4.32. The maximum absolute atomic E-state index is 14.1. The van der Waals surface area contributed by atoms with E-state index in [2.05, 4.69) is 27.1 Å². The van der Waals surface area contributed by atoms with Gasteiger partial charge in [0.1, 0.15) is 0 Å². The van der Waals surface area contributed by atoms with Crippen molar-refractivity contribution < 1.29 is 49.8 Å². The molecule has 0 saturated carbocycles. The average molecular weight is 582 g/mol. The molecule has 3 aromatic rings. The van der Waals surface area contributed by atoms with Gasteiger partial charge in [0.05, 0.1) is 6.54 Å². The molecule has 3 heterocycles. The lowest BCUT2D eigenvalue weighted by atomic mass is 10.2. The van der Waals surface area contributed by atoms with E-state index in [1.165, 1.54) is 7.05 Å². The van der Waals surface area contributed by atoms with E-state index in [1.54, 1.807) is 11.5 Å². The van der Waals surface area contributed by atoms with Crippen molar-refractivity contribution in [2.24, 2.45) is 7.05 Å². The number of carboxylic acids is 1. The highest BCUT2D eigenvalue weighted by molar-refractivity contribution is 5.75. The van der Waals surface area contributed by atoms with E-state index in [-0.39, 0.29) is 17.7 Å². The van der Waals surface area contributed by atoms with Crippen molar-refractivity contribution >= 4 is 23.1 Å². The first-order valence-electron chi connectivity index (χ1n) is 11.0. The molecule has 2 aromatic heterocycles. The number of nitrogens with zero attached hydrogens (tertiary/aromatic N) is 5. The lowest BCUT2D eigenvalue weighted by Gasteiger charge is -2.28. The first-order chi connectivity index (χ1) is 18.7. The van der Waals surface area contributed by atoms with Gasteiger partial charge in [0.25, 0.3) is 5.56 Å². The van der Waals surface area contributed by atoms with Crippen molar-refractivity contribution in [1.82, 2.24) is 24.4 Å². The lowest BCUT2D eigenvalue weighted by molar-refractivity contribution is -0.192. The quantitative estimate of drug-likeness (QED) is 0.209. The van der Waals surface area contributed by atoms with Gasteiger partial charge in [-0.25, -0.2) is 18.0 Å². The summed E-state index contributed by atoms with van der Waals surface area (Å²) in [4.78, 5) is 32.3. The fourth-order valence-electron chi connectivity index (χ4n) is 3.40. The fraction of sp³-hybridized carbons (Fsp3) is 0.364. The molecule has 1 saturated heterocycles. The second-order valence-corrected chi connectivity index (χ2v) is 7.90. The van der Waals surface area contributed by atoms with Gasteiger partial charge in [-0.1, -0.05) is 5.92 Å². The molecule has 0 bridgehead atoms. The first-order valence-corrected chi connectivity index (χ1v) is 11.0. The number of alkyl halides is 3. The number of nitrogens with one attached hydrogen (secondary N) is 1. The number of imidazole rings is 1. The molecular formula is C22H18F8N6O4. The number of anilines is 1. The number of rotatable bonds is 4. The van der Waals surface area contributed by atoms with Gasteiger partial charge >= 0.3 is 18.2 Å². The highest BCUT2D eigenvalue weighted by atomic mass is 19.4. The number of aromatic nitrogens is 4. The average Bonchev–Trinajstić information content (AvgIpc) is 3.28. The number of carboxylic acid groups (broad SMARTS) is 1. The summed E-state index contributed by atoms with van der Waals surface area (Å²) < 4.78 is 108. The zero-order valence-electron chi connectivity index (χ0n) is 20.5. The van der Waals surface area contributed by atoms with Crippen LogP contribution in [0.2, 0.25) is 0 Å². The van der Waals surface area contributed by atoms with Crippen LogP contribution in [-0.4, -0.2) is 62.5 Å². The maximum atomic E-state index is 14.1. The van der Waals surface area contributed by atoms with Crippen LogP contribution in [0.5, 0.6) is 11.8 Å². The number of halogens is 8. The summed E-state index contributed by atoms with van der Waals surface area (Å²) in [6.07, 6.45) is -5.08. The summed E-state index contributed by atoms with van der Waals surface area (Å²) in [5.41, 5.74) is -0.771. The molecule has 1 aliphatic rings. The topological polar surface area (TPSA) is 115 Å². The summed E-state index contributed by atoms with van der Waals surface area (Å²) in [5, 5.41) is 10.3. The van der Waals surface area contributed by atoms with Gasteiger partial charge in [0, 0.05) is 33.2 Å². The summed E-state index contributed by atoms with van der Waals surface area (Å²) in [5.74, 6) is -9.39. The van der Waals surface area contributed by atoms with Crippen LogP contribution in [0, 0.1) is 40.9 Å². The Kier molecular flexibility index (Phi) is 8.87. The van der Waals surface area contributed by atoms with E-state index in [0.29, 0.717) is 32.1 Å². The van der Waals surface area contributed by atoms with Crippen LogP contribution in [0.25, 0.3) is 11.2 Å². The molecule has 0 radical (unpaired) electrons. The predicted molar refractivity (Wildman–Crippen MR) is 121 cm³/mol. The van der Waals surface area contributed by atoms with Gasteiger partial charge in [-0.05, 0) is 6.92 Å². The number of ether oxygens (including phenoxy) is 1. The van der Waals surface area contributed by atoms with E-state index in [1.807, 2.05) is 4.90 Å². The number of piperazine rings is 1. The Bertz CT molecular complexity index is 1540. The number of hydrogen-bond acceptors (Lipinski definition) is 7. The Labute approximate surface area is 218 Å². The van der Waals surface area contributed by atoms with Crippen molar-refractivity contribution in [3.8, 4) is 23.6 Å². The van der Waals surface area contributed by atoms with E-state index >= 15 is 0 Å². The molecule has 2 N–H and O–H groups in total. The Morgan fingerprint density at radius 2 is 1.55 bits per heavy atom. The van der Waals surface area contributed by atoms with Crippen LogP contribution < -0.4 is 20.5 Å². The van der Waals surface area contributed by atoms with Gasteiger partial charge in [0.15, 0.2) is 11.2 Å². The number of carbonyl (C=O) groups is 1. The molecule has 1 fully saturated rings. The van der Waals surface area contributed by atoms with Crippen molar-refractivity contribution in [2.45, 2.75) is 19.6 Å². The second-order valence-electron chi connectivity index (χ2n) is 7.90. The molecular weight excluding hydrogens is 564 g/mol. The van der Waals surface area contributed by atoms with E-state index in [4.69, 9.17) is 14.6 Å². The Hall–Kier alpha value is -4.40. The molecule has 0 aliphatic carbocycles. The maximum Gasteiger partial charge on any atom is 0.490 e. The molecule has 40 heavy (non-hydrogen) atoms. The fourth-order valence-corrected chi connectivity index (χ4v) is 3.40. The van der Waals surface area contributed by atoms with Gasteiger partial charge < -0.3 is 20.1 Å². The molecule has 1 aromatic carbocycles. The highest BCUT2D eigenvalue weighted by Crippen LogP contribution is 2.32. The highest BCUT2D eigenvalue weighted by Gasteiger charge is 2.38. The molecule has 0 unspecified atom stereocenters. The van der Waals surface area contributed by atoms with Crippen molar-refractivity contribution in [3.05, 3.63) is 39.4 Å². The molecule has 216 valence electrons. The third-order valence-electron chi connectivity index (χ3n) is 5.34. The van der Waals surface area contributed by atoms with Crippen LogP contribution in [0.15, 0.2) is 4.79 Å². The molecule has 18 heteroatoms. The molecule has 4 rings (SSSR count). The minimum absolute atomic E-state index is 0.0542. The molecule has 0 atom stereocenters. The number of benzene rings is 1. The van der Waals surface area contributed by atoms with Gasteiger partial charge in [-0.15, -0.1) is 5.92 Å². The number of aliphatic carboxylic acids is 1. The second kappa shape index (κ2) is 11.8. The van der Waals surface area contributed by atoms with Crippen molar-refractivity contribution in [3.63, 3.8) is 0 Å². The molecule has 1 aliphatic heterocycles. The Morgan fingerprint density at radius 3 is 2.05 bits per heavy atom. The van der Waals surface area contributed by atoms with E-state index in [0.717, 1.165) is 4.57 Å². The standard InChI is InChI=1S/C20H17F5N6O2.C2HF3O2/c1-3-4-7-31-15-17(27-19(31)30-8-5-26-6-9-30)28-20(29(2)18(15)32)33-16-13(24)11(22)10(21)12(23)14(16)25;3-2(4,5)1(6)7/h26H,5-9H2,1-2H3;(H,6,7). The number of fused-ring (bicyclic) bond motifs is 1. The smallest absolute Gasteiger partial charge is 0.475 e. The zero-order chi connectivity index (χ0) is 29.9. The molecule has 0 amide bonds. The summed E-state index contributed by atoms with van der Waals surface area (Å²) in [7, 11) is 1.18. The van der Waals surface area contributed by atoms with Gasteiger partial charge in [-0.2, -0.15) is 31.9 Å². The van der Waals surface area contributed by atoms with Gasteiger partial charge in [-0.3, -0.25) is 13.9 Å². The van der Waals surface area contributed by atoms with Crippen LogP contribution in [0.4, 0.5) is 41.1 Å². The van der Waals surface area contributed by atoms with E-state index < -0.39 is 58.6 Å². The minimum atomic E-state index is -5.08.